The molecule has 0 amide bonds. The fourth-order valence-corrected chi connectivity index (χ4v) is 2.13. The van der Waals surface area contributed by atoms with Crippen LogP contribution in [0.2, 0.25) is 4.47 Å². The van der Waals surface area contributed by atoms with E-state index in [9.17, 15) is 10.1 Å². The van der Waals surface area contributed by atoms with Crippen molar-refractivity contribution in [2.75, 3.05) is 21.1 Å². The molecule has 0 spiro atoms. The largest absolute Gasteiger partial charge is 0.369 e. The fourth-order valence-electron chi connectivity index (χ4n) is 1.10. The molecule has 0 bridgehead atoms. The Morgan fingerprint density at radius 1 is 1.63 bits per heavy atom. The molecule has 0 aliphatic rings. The van der Waals surface area contributed by atoms with Gasteiger partial charge < -0.3 is 9.80 Å². The molecule has 0 aliphatic carbocycles. The highest BCUT2D eigenvalue weighted by Gasteiger charge is 2.12. The van der Waals surface area contributed by atoms with E-state index in [2.05, 4.69) is 15.1 Å². The summed E-state index contributed by atoms with van der Waals surface area (Å²) in [5.74, 6) is 0.00298. The van der Waals surface area contributed by atoms with E-state index in [1.807, 2.05) is 0 Å². The van der Waals surface area contributed by atoms with Gasteiger partial charge in [-0.1, -0.05) is 11.6 Å². The van der Waals surface area contributed by atoms with Crippen LogP contribution >= 0.6 is 22.9 Å². The van der Waals surface area contributed by atoms with Crippen LogP contribution < -0.4 is 0 Å². The Morgan fingerprint density at radius 2 is 2.32 bits per heavy atom. The van der Waals surface area contributed by atoms with Crippen LogP contribution in [0.15, 0.2) is 16.3 Å². The highest BCUT2D eigenvalue weighted by atomic mass is 35.5. The van der Waals surface area contributed by atoms with Crippen LogP contribution in [-0.4, -0.2) is 53.3 Å². The molecule has 0 unspecified atom stereocenters. The van der Waals surface area contributed by atoms with Gasteiger partial charge in [0.05, 0.1) is 12.9 Å². The minimum absolute atomic E-state index is 0.00298. The Bertz CT molecular complexity index is 501. The summed E-state index contributed by atoms with van der Waals surface area (Å²) in [6.45, 7) is 0.391. The topological polar surface area (TPSA) is 87.2 Å². The van der Waals surface area contributed by atoms with E-state index < -0.39 is 5.03 Å². The molecule has 0 atom stereocenters. The number of hydrazone groups is 1. The average molecular weight is 305 g/mol. The second kappa shape index (κ2) is 7.00. The predicted octanol–water partition coefficient (Wildman–Crippen LogP) is 1.37. The lowest BCUT2D eigenvalue weighted by Crippen LogP contribution is -2.26. The standard InChI is InChI=1S/C9H13ClN6O2S/c1-14(2)6-12-9(13-16(17)18)15(3)5-7-4-11-8(10)19-7/h4,6H,5H2,1-3H3/b12-6?,13-9+. The molecule has 1 aromatic heterocycles. The number of hydrogen-bond donors (Lipinski definition) is 0. The van der Waals surface area contributed by atoms with Crippen LogP contribution in [0.4, 0.5) is 0 Å². The van der Waals surface area contributed by atoms with Gasteiger partial charge in [-0.05, 0) is 0 Å². The molecule has 0 saturated heterocycles. The highest BCUT2D eigenvalue weighted by Crippen LogP contribution is 2.19. The Morgan fingerprint density at radius 3 is 2.79 bits per heavy atom. The molecule has 0 aliphatic heterocycles. The monoisotopic (exact) mass is 304 g/mol. The molecule has 0 fully saturated rings. The maximum absolute atomic E-state index is 10.5. The highest BCUT2D eigenvalue weighted by molar-refractivity contribution is 7.15. The van der Waals surface area contributed by atoms with Gasteiger partial charge in [-0.25, -0.2) is 15.1 Å². The smallest absolute Gasteiger partial charge is 0.298 e. The lowest BCUT2D eigenvalue weighted by molar-refractivity contribution is -0.485. The Balaban J connectivity index is 2.82. The van der Waals surface area contributed by atoms with Crippen LogP contribution in [0.25, 0.3) is 0 Å². The number of thiazole rings is 1. The van der Waals surface area contributed by atoms with Crippen LogP contribution in [0, 0.1) is 10.1 Å². The van der Waals surface area contributed by atoms with E-state index in [4.69, 9.17) is 11.6 Å². The first kappa shape index (κ1) is 15.3. The Hall–Kier alpha value is -1.74. The Labute approximate surface area is 119 Å². The normalized spacial score (nSPS) is 11.9. The van der Waals surface area contributed by atoms with Gasteiger partial charge in [0.15, 0.2) is 9.50 Å². The fraction of sp³-hybridized carbons (Fsp3) is 0.444. The molecule has 19 heavy (non-hydrogen) atoms. The van der Waals surface area contributed by atoms with Gasteiger partial charge in [0.2, 0.25) is 0 Å². The van der Waals surface area contributed by atoms with Gasteiger partial charge in [0.25, 0.3) is 5.96 Å². The van der Waals surface area contributed by atoms with Crippen LogP contribution in [-0.2, 0) is 6.54 Å². The van der Waals surface area contributed by atoms with Gasteiger partial charge >= 0.3 is 0 Å². The summed E-state index contributed by atoms with van der Waals surface area (Å²) < 4.78 is 0.424. The lowest BCUT2D eigenvalue weighted by Gasteiger charge is -2.14. The predicted molar refractivity (Wildman–Crippen MR) is 75.2 cm³/mol. The third-order valence-electron chi connectivity index (χ3n) is 1.84. The van der Waals surface area contributed by atoms with Gasteiger partial charge in [-0.15, -0.1) is 11.3 Å². The lowest BCUT2D eigenvalue weighted by atomic mass is 10.5. The first-order valence-electron chi connectivity index (χ1n) is 5.13. The van der Waals surface area contributed by atoms with E-state index in [1.165, 1.54) is 17.7 Å². The number of rotatable bonds is 4. The van der Waals surface area contributed by atoms with Crippen molar-refractivity contribution < 1.29 is 5.03 Å². The number of aliphatic imine (C=N–C) groups is 1. The summed E-state index contributed by atoms with van der Waals surface area (Å²) in [6, 6.07) is 0. The van der Waals surface area contributed by atoms with Gasteiger partial charge in [0.1, 0.15) is 5.10 Å². The third-order valence-corrected chi connectivity index (χ3v) is 2.93. The third kappa shape index (κ3) is 5.62. The van der Waals surface area contributed by atoms with E-state index >= 15 is 0 Å². The van der Waals surface area contributed by atoms with E-state index in [0.29, 0.717) is 11.0 Å². The molecular formula is C9H13ClN6O2S. The maximum atomic E-state index is 10.5. The number of aromatic nitrogens is 1. The molecular weight excluding hydrogens is 292 g/mol. The van der Waals surface area contributed by atoms with Crippen molar-refractivity contribution in [1.29, 1.82) is 0 Å². The summed E-state index contributed by atoms with van der Waals surface area (Å²) >= 11 is 7.03. The molecule has 0 saturated carbocycles. The summed E-state index contributed by atoms with van der Waals surface area (Å²) in [5.41, 5.74) is 0. The zero-order valence-corrected chi connectivity index (χ0v) is 12.2. The van der Waals surface area contributed by atoms with Crippen LogP contribution in [0.3, 0.4) is 0 Å². The quantitative estimate of drug-likeness (QED) is 0.363. The minimum atomic E-state index is -0.779. The van der Waals surface area contributed by atoms with Crippen molar-refractivity contribution in [1.82, 2.24) is 14.8 Å². The van der Waals surface area contributed by atoms with Crippen molar-refractivity contribution >= 4 is 35.2 Å². The van der Waals surface area contributed by atoms with Gasteiger partial charge in [0, 0.05) is 32.2 Å². The summed E-state index contributed by atoms with van der Waals surface area (Å²) in [6.07, 6.45) is 3.06. The van der Waals surface area contributed by atoms with Gasteiger partial charge in [-0.3, -0.25) is 0 Å². The van der Waals surface area contributed by atoms with E-state index in [-0.39, 0.29) is 5.96 Å². The van der Waals surface area contributed by atoms with Crippen LogP contribution in [0.1, 0.15) is 4.88 Å². The first-order valence-corrected chi connectivity index (χ1v) is 6.33. The molecule has 1 rings (SSSR count). The van der Waals surface area contributed by atoms with E-state index in [0.717, 1.165) is 4.88 Å². The summed E-state index contributed by atoms with van der Waals surface area (Å²) in [4.78, 5) is 22.4. The number of nitro groups is 1. The number of hydrogen-bond acceptors (Lipinski definition) is 4. The number of halogens is 1. The second-order valence-electron chi connectivity index (χ2n) is 3.78. The number of guanidine groups is 1. The van der Waals surface area contributed by atoms with Crippen molar-refractivity contribution in [3.63, 3.8) is 0 Å². The molecule has 104 valence electrons. The SMILES string of the molecule is CN(C)C=N/C(=N\[N+](=O)[O-])N(C)Cc1cnc(Cl)s1. The van der Waals surface area contributed by atoms with Gasteiger partial charge in [-0.2, -0.15) is 4.99 Å². The van der Waals surface area contributed by atoms with Crippen molar-refractivity contribution in [3.05, 3.63) is 25.7 Å². The van der Waals surface area contributed by atoms with Crippen LogP contribution in [0.5, 0.6) is 0 Å². The summed E-state index contributed by atoms with van der Waals surface area (Å²) in [5, 5.41) is 13.0. The maximum Gasteiger partial charge on any atom is 0.298 e. The van der Waals surface area contributed by atoms with Crippen molar-refractivity contribution in [2.24, 2.45) is 10.1 Å². The Kier molecular flexibility index (Phi) is 5.64. The minimum Gasteiger partial charge on any atom is -0.369 e. The van der Waals surface area contributed by atoms with E-state index in [1.54, 1.807) is 37.1 Å². The van der Waals surface area contributed by atoms with Crippen molar-refractivity contribution in [2.45, 2.75) is 6.54 Å². The molecule has 0 aromatic carbocycles. The molecule has 8 nitrogen and oxygen atoms in total. The zero-order chi connectivity index (χ0) is 14.4. The average Bonchev–Trinajstić information content (AvgIpc) is 2.69. The number of nitrogens with zero attached hydrogens (tertiary/aromatic N) is 6. The molecule has 1 heterocycles. The van der Waals surface area contributed by atoms with Crippen molar-refractivity contribution in [3.8, 4) is 0 Å². The molecule has 10 heteroatoms. The zero-order valence-electron chi connectivity index (χ0n) is 10.6. The molecule has 0 radical (unpaired) electrons. The summed E-state index contributed by atoms with van der Waals surface area (Å²) in [7, 11) is 5.18. The first-order chi connectivity index (χ1) is 8.88. The molecule has 0 N–H and O–H groups in total. The molecule has 1 aromatic rings. The second-order valence-corrected chi connectivity index (χ2v) is 5.48.